The van der Waals surface area contributed by atoms with Crippen LogP contribution in [0.15, 0.2) is 18.2 Å². The average Bonchev–Trinajstić information content (AvgIpc) is 2.70. The Kier molecular flexibility index (Phi) is 5.22. The molecule has 27 heavy (non-hydrogen) atoms. The number of nitrogens with one attached hydrogen (secondary N) is 1. The number of nitrogens with zero attached hydrogens (tertiary/aromatic N) is 3. The Hall–Kier alpha value is -2.25. The van der Waals surface area contributed by atoms with E-state index in [1.807, 2.05) is 25.1 Å². The van der Waals surface area contributed by atoms with E-state index in [4.69, 9.17) is 21.1 Å². The number of fused-ring (bicyclic) bond motifs is 1. The zero-order valence-electron chi connectivity index (χ0n) is 15.2. The number of piperidine rings is 1. The molecule has 2 aliphatic heterocycles. The molecule has 2 N–H and O–H groups in total. The number of benzene rings is 1. The minimum Gasteiger partial charge on any atom is -0.490 e. The van der Waals surface area contributed by atoms with Crippen LogP contribution in [-0.4, -0.2) is 47.4 Å². The van der Waals surface area contributed by atoms with E-state index in [1.54, 1.807) is 0 Å². The highest BCUT2D eigenvalue weighted by Gasteiger charge is 2.24. The highest BCUT2D eigenvalue weighted by Crippen LogP contribution is 2.33. The van der Waals surface area contributed by atoms with Crippen LogP contribution >= 0.6 is 11.6 Å². The SMILES string of the molecule is Cc1c(Cl)nc(CO)nc1N1CCC(Oc2ccc3c(c2)OCCN3)CC1. The van der Waals surface area contributed by atoms with Gasteiger partial charge in [0.15, 0.2) is 5.82 Å². The first kappa shape index (κ1) is 18.1. The minimum absolute atomic E-state index is 0.144. The molecule has 144 valence electrons. The van der Waals surface area contributed by atoms with Crippen molar-refractivity contribution in [1.29, 1.82) is 0 Å². The Balaban J connectivity index is 1.40. The fourth-order valence-corrected chi connectivity index (χ4v) is 3.65. The third-order valence-corrected chi connectivity index (χ3v) is 5.29. The van der Waals surface area contributed by atoms with E-state index in [0.717, 1.165) is 61.0 Å². The van der Waals surface area contributed by atoms with Crippen molar-refractivity contribution in [2.45, 2.75) is 32.5 Å². The molecular formula is C19H23ClN4O3. The number of ether oxygens (including phenoxy) is 2. The fraction of sp³-hybridized carbons (Fsp3) is 0.474. The van der Waals surface area contributed by atoms with Gasteiger partial charge < -0.3 is 24.8 Å². The Morgan fingerprint density at radius 1 is 1.33 bits per heavy atom. The highest BCUT2D eigenvalue weighted by molar-refractivity contribution is 6.30. The fourth-order valence-electron chi connectivity index (χ4n) is 3.47. The number of hydrogen-bond acceptors (Lipinski definition) is 7. The summed E-state index contributed by atoms with van der Waals surface area (Å²) in [4.78, 5) is 10.7. The molecule has 2 aromatic rings. The average molecular weight is 391 g/mol. The van der Waals surface area contributed by atoms with Gasteiger partial charge in [-0.15, -0.1) is 0 Å². The Morgan fingerprint density at radius 2 is 2.15 bits per heavy atom. The van der Waals surface area contributed by atoms with Crippen molar-refractivity contribution >= 4 is 23.1 Å². The van der Waals surface area contributed by atoms with Crippen LogP contribution in [0.5, 0.6) is 11.5 Å². The minimum atomic E-state index is -0.220. The summed E-state index contributed by atoms with van der Waals surface area (Å²) in [5.41, 5.74) is 1.85. The van der Waals surface area contributed by atoms with E-state index in [9.17, 15) is 5.11 Å². The number of halogens is 1. The van der Waals surface area contributed by atoms with Crippen LogP contribution in [0.25, 0.3) is 0 Å². The summed E-state index contributed by atoms with van der Waals surface area (Å²) < 4.78 is 11.8. The Bertz CT molecular complexity index is 825. The van der Waals surface area contributed by atoms with E-state index in [-0.39, 0.29) is 12.7 Å². The lowest BCUT2D eigenvalue weighted by molar-refractivity contribution is 0.169. The van der Waals surface area contributed by atoms with Crippen LogP contribution in [0.4, 0.5) is 11.5 Å². The van der Waals surface area contributed by atoms with E-state index in [1.165, 1.54) is 0 Å². The van der Waals surface area contributed by atoms with Crippen molar-refractivity contribution in [2.24, 2.45) is 0 Å². The third-order valence-electron chi connectivity index (χ3n) is 4.92. The van der Waals surface area contributed by atoms with Gasteiger partial charge in [-0.05, 0) is 19.1 Å². The molecule has 1 saturated heterocycles. The molecule has 0 amide bonds. The molecule has 2 aliphatic rings. The molecule has 8 heteroatoms. The van der Waals surface area contributed by atoms with Crippen molar-refractivity contribution in [1.82, 2.24) is 9.97 Å². The van der Waals surface area contributed by atoms with Crippen LogP contribution in [0.1, 0.15) is 24.2 Å². The summed E-state index contributed by atoms with van der Waals surface area (Å²) in [6.45, 7) is 4.81. The summed E-state index contributed by atoms with van der Waals surface area (Å²) in [7, 11) is 0. The summed E-state index contributed by atoms with van der Waals surface area (Å²) in [6, 6.07) is 5.94. The van der Waals surface area contributed by atoms with Gasteiger partial charge in [0.2, 0.25) is 0 Å². The standard InChI is InChI=1S/C19H23ClN4O3/c1-12-18(20)22-17(11-25)23-19(12)24-7-4-13(5-8-24)27-14-2-3-15-16(10-14)26-9-6-21-15/h2-3,10,13,21,25H,4-9,11H2,1H3. The van der Waals surface area contributed by atoms with E-state index >= 15 is 0 Å². The molecule has 1 aromatic carbocycles. The van der Waals surface area contributed by atoms with Crippen LogP contribution in [-0.2, 0) is 6.61 Å². The molecule has 0 bridgehead atoms. The second-order valence-corrected chi connectivity index (χ2v) is 7.13. The molecule has 0 aliphatic carbocycles. The summed E-state index contributed by atoms with van der Waals surface area (Å²) in [5.74, 6) is 2.83. The molecule has 0 saturated carbocycles. The molecule has 0 atom stereocenters. The first-order chi connectivity index (χ1) is 13.1. The lowest BCUT2D eigenvalue weighted by Gasteiger charge is -2.34. The highest BCUT2D eigenvalue weighted by atomic mass is 35.5. The third kappa shape index (κ3) is 3.89. The van der Waals surface area contributed by atoms with E-state index in [0.29, 0.717) is 17.6 Å². The maximum atomic E-state index is 9.33. The monoisotopic (exact) mass is 390 g/mol. The molecule has 0 unspecified atom stereocenters. The molecule has 7 nitrogen and oxygen atoms in total. The topological polar surface area (TPSA) is 79.7 Å². The van der Waals surface area contributed by atoms with Gasteiger partial charge in [0.1, 0.15) is 41.8 Å². The number of aliphatic hydroxyl groups excluding tert-OH is 1. The van der Waals surface area contributed by atoms with Gasteiger partial charge in [0.05, 0.1) is 5.69 Å². The molecular weight excluding hydrogens is 368 g/mol. The maximum absolute atomic E-state index is 9.33. The second-order valence-electron chi connectivity index (χ2n) is 6.77. The van der Waals surface area contributed by atoms with Gasteiger partial charge in [-0.25, -0.2) is 9.97 Å². The smallest absolute Gasteiger partial charge is 0.157 e. The second kappa shape index (κ2) is 7.78. The number of rotatable bonds is 4. The lowest BCUT2D eigenvalue weighted by atomic mass is 10.1. The number of aromatic nitrogens is 2. The lowest BCUT2D eigenvalue weighted by Crippen LogP contribution is -2.39. The quantitative estimate of drug-likeness (QED) is 0.777. The predicted octanol–water partition coefficient (Wildman–Crippen LogP) is 2.78. The van der Waals surface area contributed by atoms with Gasteiger partial charge in [-0.3, -0.25) is 0 Å². The van der Waals surface area contributed by atoms with Gasteiger partial charge >= 0.3 is 0 Å². The van der Waals surface area contributed by atoms with Gasteiger partial charge in [0.25, 0.3) is 0 Å². The van der Waals surface area contributed by atoms with Crippen LogP contribution in [0.3, 0.4) is 0 Å². The number of hydrogen-bond donors (Lipinski definition) is 2. The molecule has 4 rings (SSSR count). The van der Waals surface area contributed by atoms with Crippen molar-refractivity contribution in [3.8, 4) is 11.5 Å². The van der Waals surface area contributed by atoms with Gasteiger partial charge in [-0.1, -0.05) is 11.6 Å². The Morgan fingerprint density at radius 3 is 2.93 bits per heavy atom. The van der Waals surface area contributed by atoms with Crippen LogP contribution in [0.2, 0.25) is 5.15 Å². The van der Waals surface area contributed by atoms with Crippen molar-refractivity contribution in [3.63, 3.8) is 0 Å². The van der Waals surface area contributed by atoms with Crippen LogP contribution < -0.4 is 19.7 Å². The normalized spacial score (nSPS) is 17.1. The summed E-state index contributed by atoms with van der Waals surface area (Å²) in [6.07, 6.45) is 1.91. The molecule has 1 aromatic heterocycles. The molecule has 3 heterocycles. The summed E-state index contributed by atoms with van der Waals surface area (Å²) >= 11 is 6.18. The molecule has 1 fully saturated rings. The zero-order valence-corrected chi connectivity index (χ0v) is 16.0. The number of anilines is 2. The van der Waals surface area contributed by atoms with E-state index < -0.39 is 0 Å². The molecule has 0 spiro atoms. The summed E-state index contributed by atoms with van der Waals surface area (Å²) in [5, 5.41) is 13.0. The predicted molar refractivity (Wildman–Crippen MR) is 104 cm³/mol. The van der Waals surface area contributed by atoms with Gasteiger partial charge in [-0.2, -0.15) is 0 Å². The maximum Gasteiger partial charge on any atom is 0.157 e. The van der Waals surface area contributed by atoms with Crippen molar-refractivity contribution in [2.75, 3.05) is 36.5 Å². The first-order valence-electron chi connectivity index (χ1n) is 9.20. The van der Waals surface area contributed by atoms with Gasteiger partial charge in [0, 0.05) is 44.1 Å². The largest absolute Gasteiger partial charge is 0.490 e. The van der Waals surface area contributed by atoms with Crippen LogP contribution in [0, 0.1) is 6.92 Å². The van der Waals surface area contributed by atoms with E-state index in [2.05, 4.69) is 20.2 Å². The Labute approximate surface area is 163 Å². The van der Waals surface area contributed by atoms with Crippen molar-refractivity contribution < 1.29 is 14.6 Å². The first-order valence-corrected chi connectivity index (χ1v) is 9.58. The zero-order chi connectivity index (χ0) is 18.8. The van der Waals surface area contributed by atoms with Crippen molar-refractivity contribution in [3.05, 3.63) is 34.7 Å². The number of aliphatic hydroxyl groups is 1. The molecule has 0 radical (unpaired) electrons.